The molecule has 1 heterocycles. The first-order valence-corrected chi connectivity index (χ1v) is 6.67. The van der Waals surface area contributed by atoms with Gasteiger partial charge in [-0.2, -0.15) is 0 Å². The molecule has 0 aliphatic rings. The van der Waals surface area contributed by atoms with Crippen LogP contribution >= 0.6 is 0 Å². The summed E-state index contributed by atoms with van der Waals surface area (Å²) in [6.07, 6.45) is 0.511. The van der Waals surface area contributed by atoms with Crippen molar-refractivity contribution in [2.75, 3.05) is 12.3 Å². The molecule has 0 amide bonds. The lowest BCUT2D eigenvalue weighted by molar-refractivity contribution is 0.297. The highest BCUT2D eigenvalue weighted by molar-refractivity contribution is 5.76. The van der Waals surface area contributed by atoms with Crippen LogP contribution < -0.4 is 10.5 Å². The summed E-state index contributed by atoms with van der Waals surface area (Å²) < 4.78 is 5.79. The Bertz CT molecular complexity index is 774. The van der Waals surface area contributed by atoms with Crippen molar-refractivity contribution in [1.29, 1.82) is 0 Å². The van der Waals surface area contributed by atoms with E-state index in [4.69, 9.17) is 15.6 Å². The van der Waals surface area contributed by atoms with Crippen molar-refractivity contribution in [1.82, 2.24) is 9.97 Å². The Balaban J connectivity index is 2.00. The molecule has 0 saturated heterocycles. The van der Waals surface area contributed by atoms with Crippen molar-refractivity contribution < 1.29 is 9.84 Å². The summed E-state index contributed by atoms with van der Waals surface area (Å²) in [4.78, 5) is 8.69. The molecule has 1 aromatic heterocycles. The third kappa shape index (κ3) is 2.78. The smallest absolute Gasteiger partial charge is 0.263 e. The van der Waals surface area contributed by atoms with Crippen molar-refractivity contribution in [2.24, 2.45) is 0 Å². The summed E-state index contributed by atoms with van der Waals surface area (Å²) in [6.45, 7) is 0.0548. The van der Waals surface area contributed by atoms with Gasteiger partial charge in [0.05, 0.1) is 11.0 Å². The first-order valence-electron chi connectivity index (χ1n) is 6.67. The van der Waals surface area contributed by atoms with Gasteiger partial charge in [-0.3, -0.25) is 0 Å². The Labute approximate surface area is 122 Å². The number of benzene rings is 2. The summed E-state index contributed by atoms with van der Waals surface area (Å²) in [6, 6.07) is 15.0. The zero-order valence-corrected chi connectivity index (χ0v) is 11.4. The fourth-order valence-corrected chi connectivity index (χ4v) is 2.11. The summed E-state index contributed by atoms with van der Waals surface area (Å²) in [5, 5.41) is 9.10. The van der Waals surface area contributed by atoms with Crippen molar-refractivity contribution in [3.8, 4) is 11.6 Å². The van der Waals surface area contributed by atoms with Crippen LogP contribution in [0.4, 0.5) is 5.82 Å². The minimum absolute atomic E-state index is 0.0548. The fraction of sp³-hybridized carbons (Fsp3) is 0.125. The average Bonchev–Trinajstić information content (AvgIpc) is 2.50. The summed E-state index contributed by atoms with van der Waals surface area (Å²) in [7, 11) is 0. The van der Waals surface area contributed by atoms with Crippen LogP contribution in [0, 0.1) is 0 Å². The minimum Gasteiger partial charge on any atom is -0.436 e. The molecule has 0 aliphatic carbocycles. The molecule has 3 aromatic rings. The number of anilines is 1. The molecule has 0 fully saturated rings. The normalized spacial score (nSPS) is 10.7. The Hall–Kier alpha value is -2.66. The van der Waals surface area contributed by atoms with E-state index >= 15 is 0 Å². The second-order valence-corrected chi connectivity index (χ2v) is 4.59. The summed E-state index contributed by atoms with van der Waals surface area (Å²) in [5.74, 6) is 1.15. The molecule has 106 valence electrons. The maximum atomic E-state index is 9.10. The third-order valence-electron chi connectivity index (χ3n) is 3.12. The number of fused-ring (bicyclic) bond motifs is 1. The van der Waals surface area contributed by atoms with Crippen LogP contribution in [0.1, 0.15) is 5.56 Å². The molecule has 0 saturated carbocycles. The summed E-state index contributed by atoms with van der Waals surface area (Å²) >= 11 is 0. The maximum Gasteiger partial charge on any atom is 0.263 e. The molecule has 3 N–H and O–H groups in total. The second-order valence-electron chi connectivity index (χ2n) is 4.59. The van der Waals surface area contributed by atoms with Gasteiger partial charge in [-0.25, -0.2) is 9.97 Å². The van der Waals surface area contributed by atoms with Gasteiger partial charge >= 0.3 is 0 Å². The van der Waals surface area contributed by atoms with E-state index in [1.54, 1.807) is 0 Å². The molecule has 5 nitrogen and oxygen atoms in total. The summed E-state index contributed by atoms with van der Waals surface area (Å²) in [5.41, 5.74) is 8.26. The first kappa shape index (κ1) is 13.3. The van der Waals surface area contributed by atoms with E-state index < -0.39 is 0 Å². The second kappa shape index (κ2) is 5.76. The topological polar surface area (TPSA) is 81.3 Å². The number of aliphatic hydroxyl groups is 1. The van der Waals surface area contributed by atoms with E-state index in [0.29, 0.717) is 12.2 Å². The quantitative estimate of drug-likeness (QED) is 0.768. The monoisotopic (exact) mass is 281 g/mol. The van der Waals surface area contributed by atoms with E-state index in [1.165, 1.54) is 0 Å². The number of rotatable bonds is 4. The van der Waals surface area contributed by atoms with Gasteiger partial charge in [-0.15, -0.1) is 0 Å². The molecule has 0 atom stereocenters. The third-order valence-corrected chi connectivity index (χ3v) is 3.12. The number of nitrogen functional groups attached to an aromatic ring is 1. The van der Waals surface area contributed by atoms with Crippen molar-refractivity contribution >= 4 is 16.9 Å². The number of hydrogen-bond donors (Lipinski definition) is 2. The standard InChI is InChI=1S/C16H15N3O2/c17-15-16(19-13-7-3-2-6-12(13)18-15)21-14-8-4-1-5-11(14)9-10-20/h1-8,20H,9-10H2,(H2,17,18). The maximum absolute atomic E-state index is 9.10. The zero-order valence-electron chi connectivity index (χ0n) is 11.4. The molecule has 2 aromatic carbocycles. The Morgan fingerprint density at radius 3 is 2.38 bits per heavy atom. The van der Waals surface area contributed by atoms with E-state index in [-0.39, 0.29) is 18.3 Å². The molecule has 0 spiro atoms. The van der Waals surface area contributed by atoms with Gasteiger partial charge < -0.3 is 15.6 Å². The SMILES string of the molecule is Nc1nc2ccccc2nc1Oc1ccccc1CCO. The van der Waals surface area contributed by atoms with Gasteiger partial charge in [-0.1, -0.05) is 30.3 Å². The molecule has 0 unspecified atom stereocenters. The van der Waals surface area contributed by atoms with Crippen LogP contribution in [0.2, 0.25) is 0 Å². The average molecular weight is 281 g/mol. The molecular formula is C16H15N3O2. The predicted octanol–water partition coefficient (Wildman–Crippen LogP) is 2.54. The molecule has 0 aliphatic heterocycles. The lowest BCUT2D eigenvalue weighted by atomic mass is 10.1. The van der Waals surface area contributed by atoms with Crippen LogP contribution in [-0.2, 0) is 6.42 Å². The number of nitrogens with zero attached hydrogens (tertiary/aromatic N) is 2. The lowest BCUT2D eigenvalue weighted by Crippen LogP contribution is -2.01. The van der Waals surface area contributed by atoms with Gasteiger partial charge in [0.25, 0.3) is 5.88 Å². The minimum atomic E-state index is 0.0548. The number of para-hydroxylation sites is 3. The van der Waals surface area contributed by atoms with E-state index in [9.17, 15) is 0 Å². The Morgan fingerprint density at radius 1 is 0.952 bits per heavy atom. The number of ether oxygens (including phenoxy) is 1. The van der Waals surface area contributed by atoms with Crippen LogP contribution in [0.25, 0.3) is 11.0 Å². The highest BCUT2D eigenvalue weighted by Gasteiger charge is 2.10. The number of aromatic nitrogens is 2. The highest BCUT2D eigenvalue weighted by atomic mass is 16.5. The number of aliphatic hydroxyl groups excluding tert-OH is 1. The van der Waals surface area contributed by atoms with Crippen LogP contribution in [-0.4, -0.2) is 21.7 Å². The fourth-order valence-electron chi connectivity index (χ4n) is 2.11. The van der Waals surface area contributed by atoms with Gasteiger partial charge in [0.15, 0.2) is 5.82 Å². The van der Waals surface area contributed by atoms with Crippen LogP contribution in [0.3, 0.4) is 0 Å². The van der Waals surface area contributed by atoms with Crippen LogP contribution in [0.5, 0.6) is 11.6 Å². The number of hydrogen-bond acceptors (Lipinski definition) is 5. The zero-order chi connectivity index (χ0) is 14.7. The van der Waals surface area contributed by atoms with Crippen molar-refractivity contribution in [3.63, 3.8) is 0 Å². The van der Waals surface area contributed by atoms with Crippen molar-refractivity contribution in [3.05, 3.63) is 54.1 Å². The molecule has 21 heavy (non-hydrogen) atoms. The van der Waals surface area contributed by atoms with Gasteiger partial charge in [0.1, 0.15) is 5.75 Å². The predicted molar refractivity (Wildman–Crippen MR) is 81.3 cm³/mol. The Kier molecular flexibility index (Phi) is 3.66. The first-order chi connectivity index (χ1) is 10.3. The molecule has 0 radical (unpaired) electrons. The number of nitrogens with two attached hydrogens (primary N) is 1. The van der Waals surface area contributed by atoms with Gasteiger partial charge in [0.2, 0.25) is 0 Å². The molecular weight excluding hydrogens is 266 g/mol. The molecule has 3 rings (SSSR count). The van der Waals surface area contributed by atoms with Crippen LogP contribution in [0.15, 0.2) is 48.5 Å². The Morgan fingerprint density at radius 2 is 1.62 bits per heavy atom. The van der Waals surface area contributed by atoms with E-state index in [2.05, 4.69) is 9.97 Å². The largest absolute Gasteiger partial charge is 0.436 e. The highest BCUT2D eigenvalue weighted by Crippen LogP contribution is 2.28. The molecule has 0 bridgehead atoms. The van der Waals surface area contributed by atoms with E-state index in [1.807, 2.05) is 48.5 Å². The molecule has 5 heteroatoms. The van der Waals surface area contributed by atoms with E-state index in [0.717, 1.165) is 16.6 Å². The van der Waals surface area contributed by atoms with Gasteiger partial charge in [-0.05, 0) is 30.2 Å². The van der Waals surface area contributed by atoms with Crippen molar-refractivity contribution in [2.45, 2.75) is 6.42 Å². The lowest BCUT2D eigenvalue weighted by Gasteiger charge is -2.11. The van der Waals surface area contributed by atoms with Gasteiger partial charge in [0, 0.05) is 6.61 Å².